The topological polar surface area (TPSA) is 162 Å². The highest BCUT2D eigenvalue weighted by Crippen LogP contribution is 2.51. The lowest BCUT2D eigenvalue weighted by Crippen LogP contribution is -2.63. The van der Waals surface area contributed by atoms with Crippen molar-refractivity contribution in [2.45, 2.75) is 43.7 Å². The van der Waals surface area contributed by atoms with Crippen LogP contribution in [0.5, 0.6) is 0 Å². The Kier molecular flexibility index (Phi) is 5.58. The highest BCUT2D eigenvalue weighted by molar-refractivity contribution is 8.03. The van der Waals surface area contributed by atoms with E-state index in [9.17, 15) is 28.2 Å². The van der Waals surface area contributed by atoms with Crippen LogP contribution in [0.2, 0.25) is 0 Å². The van der Waals surface area contributed by atoms with Crippen LogP contribution in [0.3, 0.4) is 0 Å². The number of aliphatic hydroxyl groups is 1. The first-order valence-electron chi connectivity index (χ1n) is 8.67. The minimum atomic E-state index is -3.76. The lowest BCUT2D eigenvalue weighted by molar-refractivity contribution is -0.163. The normalized spacial score (nSPS) is 34.6. The highest BCUT2D eigenvalue weighted by atomic mass is 32.2. The van der Waals surface area contributed by atoms with E-state index in [1.807, 2.05) is 6.92 Å². The van der Waals surface area contributed by atoms with Crippen molar-refractivity contribution in [3.05, 3.63) is 10.6 Å². The summed E-state index contributed by atoms with van der Waals surface area (Å²) >= 11 is 1.41. The van der Waals surface area contributed by atoms with Gasteiger partial charge in [0.05, 0.1) is 18.1 Å². The van der Waals surface area contributed by atoms with E-state index in [0.29, 0.717) is 17.9 Å². The molecule has 3 aliphatic rings. The maximum atomic E-state index is 12.3. The molecule has 0 unspecified atom stereocenters. The number of amides is 1. The Morgan fingerprint density at radius 1 is 1.52 bits per heavy atom. The van der Waals surface area contributed by atoms with Crippen molar-refractivity contribution in [2.75, 3.05) is 13.1 Å². The first-order chi connectivity index (χ1) is 12.5. The van der Waals surface area contributed by atoms with Crippen molar-refractivity contribution < 1.29 is 28.2 Å². The van der Waals surface area contributed by atoms with Crippen molar-refractivity contribution in [1.82, 2.24) is 14.9 Å². The van der Waals surface area contributed by atoms with Crippen molar-refractivity contribution >= 4 is 33.8 Å². The summed E-state index contributed by atoms with van der Waals surface area (Å²) in [5.74, 6) is -2.27. The SMILES string of the molecule is C[C@H](O)[C@@H]1C(=O)N2C(C(=O)O)=C(S[C@@H]3CN[C@H](CNS(N)(=O)=O)C3)[C@@H](C)[C@H]12. The molecule has 0 aliphatic carbocycles. The van der Waals surface area contributed by atoms with Crippen LogP contribution < -0.4 is 15.2 Å². The molecule has 10 nitrogen and oxygen atoms in total. The highest BCUT2D eigenvalue weighted by Gasteiger charge is 2.60. The molecule has 0 spiro atoms. The molecule has 1 amide bonds. The summed E-state index contributed by atoms with van der Waals surface area (Å²) in [5, 5.41) is 27.7. The smallest absolute Gasteiger partial charge is 0.353 e. The number of fused-ring (bicyclic) bond motifs is 1. The zero-order valence-electron chi connectivity index (χ0n) is 15.0. The maximum Gasteiger partial charge on any atom is 0.353 e. The number of rotatable bonds is 7. The number of carboxylic acid groups (broad SMARTS) is 1. The van der Waals surface area contributed by atoms with Crippen LogP contribution in [-0.2, 0) is 19.8 Å². The summed E-state index contributed by atoms with van der Waals surface area (Å²) in [4.78, 5) is 26.1. The van der Waals surface area contributed by atoms with E-state index in [4.69, 9.17) is 5.14 Å². The van der Waals surface area contributed by atoms with Gasteiger partial charge in [-0.15, -0.1) is 11.8 Å². The van der Waals surface area contributed by atoms with Gasteiger partial charge >= 0.3 is 5.97 Å². The fraction of sp³-hybridized carbons (Fsp3) is 0.733. The van der Waals surface area contributed by atoms with Gasteiger partial charge in [0.15, 0.2) is 0 Å². The number of aliphatic carboxylic acids is 1. The third-order valence-electron chi connectivity index (χ3n) is 5.32. The van der Waals surface area contributed by atoms with E-state index in [1.54, 1.807) is 6.92 Å². The quantitative estimate of drug-likeness (QED) is 0.308. The van der Waals surface area contributed by atoms with Gasteiger partial charge in [0.25, 0.3) is 10.2 Å². The Labute approximate surface area is 161 Å². The third kappa shape index (κ3) is 3.87. The number of aliphatic hydroxyl groups excluding tert-OH is 1. The number of carbonyl (C=O) groups excluding carboxylic acids is 1. The number of nitrogens with one attached hydrogen (secondary N) is 2. The molecule has 3 rings (SSSR count). The number of hydrogen-bond donors (Lipinski definition) is 5. The summed E-state index contributed by atoms with van der Waals surface area (Å²) in [7, 11) is -3.76. The molecule has 2 fully saturated rings. The van der Waals surface area contributed by atoms with Crippen molar-refractivity contribution in [3.8, 4) is 0 Å². The van der Waals surface area contributed by atoms with Crippen LogP contribution in [0, 0.1) is 11.8 Å². The van der Waals surface area contributed by atoms with Crippen molar-refractivity contribution in [2.24, 2.45) is 17.0 Å². The molecule has 6 atom stereocenters. The molecule has 152 valence electrons. The second-order valence-corrected chi connectivity index (χ2v) is 9.97. The first-order valence-corrected chi connectivity index (χ1v) is 11.1. The van der Waals surface area contributed by atoms with E-state index >= 15 is 0 Å². The summed E-state index contributed by atoms with van der Waals surface area (Å²) < 4.78 is 24.3. The predicted octanol–water partition coefficient (Wildman–Crippen LogP) is -1.60. The second-order valence-electron chi connectivity index (χ2n) is 7.25. The lowest BCUT2D eigenvalue weighted by atomic mass is 9.79. The number of thioether (sulfide) groups is 1. The molecule has 0 aromatic rings. The molecular formula is C15H24N4O6S2. The van der Waals surface area contributed by atoms with Crippen LogP contribution in [0.15, 0.2) is 10.6 Å². The third-order valence-corrected chi connectivity index (χ3v) is 7.40. The summed E-state index contributed by atoms with van der Waals surface area (Å²) in [6.45, 7) is 4.17. The molecule has 0 saturated carbocycles. The van der Waals surface area contributed by atoms with Gasteiger partial charge in [0.2, 0.25) is 5.91 Å². The van der Waals surface area contributed by atoms with Gasteiger partial charge in [-0.25, -0.2) is 14.7 Å². The molecule has 3 heterocycles. The average Bonchev–Trinajstić information content (AvgIpc) is 3.07. The monoisotopic (exact) mass is 420 g/mol. The molecule has 0 aromatic carbocycles. The number of carboxylic acids is 1. The molecule has 27 heavy (non-hydrogen) atoms. The Morgan fingerprint density at radius 3 is 2.74 bits per heavy atom. The number of carbonyl (C=O) groups is 2. The van der Waals surface area contributed by atoms with Gasteiger partial charge < -0.3 is 20.4 Å². The second kappa shape index (κ2) is 7.33. The first kappa shape index (κ1) is 20.6. The van der Waals surface area contributed by atoms with E-state index in [-0.39, 0.29) is 41.4 Å². The molecule has 6 N–H and O–H groups in total. The number of nitrogens with zero attached hydrogens (tertiary/aromatic N) is 1. The van der Waals surface area contributed by atoms with E-state index in [1.165, 1.54) is 16.7 Å². The lowest BCUT2D eigenvalue weighted by Gasteiger charge is -2.46. The van der Waals surface area contributed by atoms with Crippen LogP contribution in [0.4, 0.5) is 0 Å². The van der Waals surface area contributed by atoms with Gasteiger partial charge in [-0.1, -0.05) is 6.92 Å². The van der Waals surface area contributed by atoms with E-state index in [0.717, 1.165) is 0 Å². The van der Waals surface area contributed by atoms with Gasteiger partial charge in [0.1, 0.15) is 5.70 Å². The Balaban J connectivity index is 1.71. The summed E-state index contributed by atoms with van der Waals surface area (Å²) in [6, 6.07) is -0.435. The Bertz CT molecular complexity index is 783. The van der Waals surface area contributed by atoms with Crippen molar-refractivity contribution in [3.63, 3.8) is 0 Å². The van der Waals surface area contributed by atoms with E-state index in [2.05, 4.69) is 10.0 Å². The largest absolute Gasteiger partial charge is 0.477 e. The zero-order chi connectivity index (χ0) is 20.1. The summed E-state index contributed by atoms with van der Waals surface area (Å²) in [6.07, 6.45) is -0.197. The van der Waals surface area contributed by atoms with Gasteiger partial charge in [-0.2, -0.15) is 8.42 Å². The van der Waals surface area contributed by atoms with Crippen LogP contribution >= 0.6 is 11.8 Å². The molecule has 2 saturated heterocycles. The van der Waals surface area contributed by atoms with Gasteiger partial charge in [0, 0.05) is 35.2 Å². The fourth-order valence-corrected chi connectivity index (χ4v) is 6.05. The van der Waals surface area contributed by atoms with Crippen molar-refractivity contribution in [1.29, 1.82) is 0 Å². The Hall–Kier alpha value is -1.18. The van der Waals surface area contributed by atoms with Crippen LogP contribution in [0.25, 0.3) is 0 Å². The molecule has 12 heteroatoms. The average molecular weight is 421 g/mol. The predicted molar refractivity (Wildman–Crippen MR) is 98.5 cm³/mol. The number of β-lactam (4-membered cyclic amide) rings is 1. The molecule has 3 aliphatic heterocycles. The van der Waals surface area contributed by atoms with Crippen LogP contribution in [0.1, 0.15) is 20.3 Å². The number of hydrogen-bond acceptors (Lipinski definition) is 7. The molecule has 0 radical (unpaired) electrons. The fourth-order valence-electron chi connectivity index (χ4n) is 4.10. The molecular weight excluding hydrogens is 396 g/mol. The minimum absolute atomic E-state index is 0.00510. The minimum Gasteiger partial charge on any atom is -0.477 e. The van der Waals surface area contributed by atoms with Gasteiger partial charge in [-0.3, -0.25) is 4.79 Å². The molecule has 0 bridgehead atoms. The van der Waals surface area contributed by atoms with Crippen LogP contribution in [-0.4, -0.2) is 71.9 Å². The zero-order valence-corrected chi connectivity index (χ0v) is 16.6. The Morgan fingerprint density at radius 2 is 2.19 bits per heavy atom. The summed E-state index contributed by atoms with van der Waals surface area (Å²) in [5.41, 5.74) is 0.00510. The van der Waals surface area contributed by atoms with E-state index < -0.39 is 28.2 Å². The maximum absolute atomic E-state index is 12.3. The standard InChI is InChI=1S/C15H24N4O6S2/c1-6-11-10(7(2)20)14(21)19(11)12(15(22)23)13(6)26-9-3-8(17-5-9)4-18-27(16,24)25/h6-11,17-18,20H,3-5H2,1-2H3,(H,22,23)(H2,16,24,25)/t6-,7-,8-,9-,10-,11+/m0/s1. The number of nitrogens with two attached hydrogens (primary N) is 1. The molecule has 0 aromatic heterocycles. The van der Waals surface area contributed by atoms with Gasteiger partial charge in [-0.05, 0) is 13.3 Å².